The Bertz CT molecular complexity index is 1040. The maximum absolute atomic E-state index is 13.7. The zero-order valence-electron chi connectivity index (χ0n) is 21.0. The molecule has 3 aliphatic heterocycles. The van der Waals surface area contributed by atoms with Crippen molar-refractivity contribution in [3.63, 3.8) is 0 Å². The summed E-state index contributed by atoms with van der Waals surface area (Å²) in [6, 6.07) is 1.07. The van der Waals surface area contributed by atoms with Crippen LogP contribution in [0.3, 0.4) is 0 Å². The molecule has 1 aromatic rings. The lowest BCUT2D eigenvalue weighted by Crippen LogP contribution is -2.49. The Hall–Kier alpha value is -2.25. The molecule has 1 aromatic heterocycles. The normalized spacial score (nSPS) is 27.4. The van der Waals surface area contributed by atoms with E-state index in [9.17, 15) is 4.79 Å². The summed E-state index contributed by atoms with van der Waals surface area (Å²) in [5, 5.41) is 4.92. The molecule has 7 nitrogen and oxygen atoms in total. The fourth-order valence-corrected chi connectivity index (χ4v) is 5.74. The van der Waals surface area contributed by atoms with Gasteiger partial charge in [0.15, 0.2) is 5.82 Å². The largest absolute Gasteiger partial charge is 0.328 e. The highest BCUT2D eigenvalue weighted by atomic mass is 16.2. The minimum absolute atomic E-state index is 0.0191. The number of hydrogen-bond donors (Lipinski definition) is 0. The number of amides is 1. The highest BCUT2D eigenvalue weighted by Crippen LogP contribution is 2.44. The summed E-state index contributed by atoms with van der Waals surface area (Å²) >= 11 is 0. The van der Waals surface area contributed by atoms with Crippen LogP contribution in [0.1, 0.15) is 64.3 Å². The molecular formula is C26H38N6O. The van der Waals surface area contributed by atoms with Crippen LogP contribution in [-0.4, -0.2) is 75.4 Å². The van der Waals surface area contributed by atoms with E-state index in [2.05, 4.69) is 62.3 Å². The number of aliphatic imine (C=N–C) groups is 1. The van der Waals surface area contributed by atoms with Gasteiger partial charge in [0, 0.05) is 47.4 Å². The maximum Gasteiger partial charge on any atom is 0.252 e. The van der Waals surface area contributed by atoms with Gasteiger partial charge in [0.05, 0.1) is 24.8 Å². The number of carbonyl (C=O) groups is 1. The Labute approximate surface area is 197 Å². The monoisotopic (exact) mass is 450 g/mol. The summed E-state index contributed by atoms with van der Waals surface area (Å²) in [6.45, 7) is 12.1. The molecule has 1 aliphatic carbocycles. The van der Waals surface area contributed by atoms with Crippen LogP contribution >= 0.6 is 0 Å². The average molecular weight is 451 g/mol. The van der Waals surface area contributed by atoms with Crippen molar-refractivity contribution >= 4 is 17.4 Å². The topological polar surface area (TPSA) is 57.0 Å². The second-order valence-electron chi connectivity index (χ2n) is 11.0. The van der Waals surface area contributed by atoms with Gasteiger partial charge in [-0.2, -0.15) is 5.10 Å². The molecule has 2 atom stereocenters. The quantitative estimate of drug-likeness (QED) is 0.705. The first kappa shape index (κ1) is 22.5. The lowest BCUT2D eigenvalue weighted by molar-refractivity contribution is -0.128. The molecule has 0 aromatic carbocycles. The summed E-state index contributed by atoms with van der Waals surface area (Å²) in [5.41, 5.74) is 4.18. The smallest absolute Gasteiger partial charge is 0.252 e. The van der Waals surface area contributed by atoms with E-state index in [0.717, 1.165) is 60.7 Å². The van der Waals surface area contributed by atoms with Crippen LogP contribution in [0.4, 0.5) is 5.82 Å². The molecule has 33 heavy (non-hydrogen) atoms. The first-order valence-electron chi connectivity index (χ1n) is 12.4. The minimum Gasteiger partial charge on any atom is -0.328 e. The number of hydrogen-bond acceptors (Lipinski definition) is 5. The Balaban J connectivity index is 1.33. The molecule has 0 N–H and O–H groups in total. The van der Waals surface area contributed by atoms with Crippen molar-refractivity contribution in [3.8, 4) is 0 Å². The Morgan fingerprint density at radius 3 is 2.61 bits per heavy atom. The van der Waals surface area contributed by atoms with E-state index >= 15 is 0 Å². The van der Waals surface area contributed by atoms with E-state index in [4.69, 9.17) is 10.1 Å². The first-order valence-corrected chi connectivity index (χ1v) is 12.4. The predicted octanol–water partition coefficient (Wildman–Crippen LogP) is 3.70. The number of nitrogens with zero attached hydrogens (tertiary/aromatic N) is 6. The van der Waals surface area contributed by atoms with Crippen molar-refractivity contribution in [1.82, 2.24) is 24.5 Å². The summed E-state index contributed by atoms with van der Waals surface area (Å²) < 4.78 is 2.08. The maximum atomic E-state index is 13.7. The number of piperidine rings is 1. The van der Waals surface area contributed by atoms with Gasteiger partial charge < -0.3 is 9.80 Å². The number of rotatable bonds is 3. The standard InChI is InChI=1S/C26H38N6O/c1-17-26(3,4)18(2)32-24(27-17)21-15-31(16-22(21)28-32)25(33)20-9-7-8-10-23(20)30-13-11-19(12-14-30)29(5)6/h7-9,18-19,23H,10-16H2,1-6H3. The number of carbonyl (C=O) groups excluding carboxylic acids is 1. The zero-order valence-corrected chi connectivity index (χ0v) is 21.0. The molecule has 178 valence electrons. The van der Waals surface area contributed by atoms with Crippen LogP contribution < -0.4 is 0 Å². The molecule has 0 bridgehead atoms. The molecule has 4 aliphatic rings. The van der Waals surface area contributed by atoms with Gasteiger partial charge in [-0.3, -0.25) is 9.69 Å². The van der Waals surface area contributed by atoms with Crippen LogP contribution in [-0.2, 0) is 17.9 Å². The number of aromatic nitrogens is 2. The van der Waals surface area contributed by atoms with Crippen LogP contribution in [0.25, 0.3) is 0 Å². The lowest BCUT2D eigenvalue weighted by Gasteiger charge is -2.41. The third kappa shape index (κ3) is 3.69. The van der Waals surface area contributed by atoms with Crippen LogP contribution in [0.15, 0.2) is 28.8 Å². The molecule has 1 fully saturated rings. The number of allylic oxidation sites excluding steroid dienone is 2. The molecule has 0 saturated carbocycles. The fourth-order valence-electron chi connectivity index (χ4n) is 5.74. The van der Waals surface area contributed by atoms with Crippen molar-refractivity contribution < 1.29 is 4.79 Å². The third-order valence-electron chi connectivity index (χ3n) is 8.71. The van der Waals surface area contributed by atoms with Crippen LogP contribution in [0, 0.1) is 5.41 Å². The van der Waals surface area contributed by atoms with Crippen LogP contribution in [0.5, 0.6) is 0 Å². The molecule has 0 radical (unpaired) electrons. The van der Waals surface area contributed by atoms with E-state index in [1.165, 1.54) is 0 Å². The SMILES string of the molecule is CC1=Nc2c3c(nn2C(C)C1(C)C)CN(C(=O)C1=CC=CCC1N1CCC(N(C)C)CC1)C3. The molecule has 4 heterocycles. The van der Waals surface area contributed by atoms with Crippen molar-refractivity contribution in [2.24, 2.45) is 10.4 Å². The van der Waals surface area contributed by atoms with Crippen molar-refractivity contribution in [2.75, 3.05) is 27.2 Å². The van der Waals surface area contributed by atoms with Crippen molar-refractivity contribution in [2.45, 2.75) is 78.2 Å². The third-order valence-corrected chi connectivity index (χ3v) is 8.71. The summed E-state index contributed by atoms with van der Waals surface area (Å²) in [7, 11) is 4.34. The molecule has 1 saturated heterocycles. The number of fused-ring (bicyclic) bond motifs is 3. The summed E-state index contributed by atoms with van der Waals surface area (Å²) in [4.78, 5) is 25.5. The van der Waals surface area contributed by atoms with Gasteiger partial charge in [0.25, 0.3) is 5.91 Å². The van der Waals surface area contributed by atoms with Gasteiger partial charge in [-0.15, -0.1) is 0 Å². The lowest BCUT2D eigenvalue weighted by atomic mass is 9.80. The zero-order chi connectivity index (χ0) is 23.5. The van der Waals surface area contributed by atoms with Gasteiger partial charge in [-0.05, 0) is 47.2 Å². The van der Waals surface area contributed by atoms with Crippen molar-refractivity contribution in [3.05, 3.63) is 35.1 Å². The van der Waals surface area contributed by atoms with Gasteiger partial charge >= 0.3 is 0 Å². The first-order chi connectivity index (χ1) is 15.7. The number of likely N-dealkylation sites (tertiary alicyclic amines) is 1. The van der Waals surface area contributed by atoms with Crippen molar-refractivity contribution in [1.29, 1.82) is 0 Å². The van der Waals surface area contributed by atoms with Gasteiger partial charge in [0.1, 0.15) is 0 Å². The Kier molecular flexibility index (Phi) is 5.60. The molecule has 5 rings (SSSR count). The van der Waals surface area contributed by atoms with E-state index < -0.39 is 0 Å². The van der Waals surface area contributed by atoms with E-state index in [1.807, 2.05) is 17.1 Å². The molecule has 0 spiro atoms. The van der Waals surface area contributed by atoms with Gasteiger partial charge in [-0.1, -0.05) is 32.1 Å². The second kappa shape index (κ2) is 8.20. The van der Waals surface area contributed by atoms with Crippen LogP contribution in [0.2, 0.25) is 0 Å². The predicted molar refractivity (Wildman–Crippen MR) is 132 cm³/mol. The minimum atomic E-state index is -0.0191. The highest BCUT2D eigenvalue weighted by Gasteiger charge is 2.41. The molecular weight excluding hydrogens is 412 g/mol. The summed E-state index contributed by atoms with van der Waals surface area (Å²) in [5.74, 6) is 1.10. The average Bonchev–Trinajstić information content (AvgIpc) is 3.36. The fraction of sp³-hybridized carbons (Fsp3) is 0.654. The van der Waals surface area contributed by atoms with Gasteiger partial charge in [-0.25, -0.2) is 9.67 Å². The Morgan fingerprint density at radius 2 is 1.91 bits per heavy atom. The van der Waals surface area contributed by atoms with Gasteiger partial charge in [0.2, 0.25) is 0 Å². The summed E-state index contributed by atoms with van der Waals surface area (Å²) in [6.07, 6.45) is 9.53. The molecule has 7 heteroatoms. The van der Waals surface area contributed by atoms with E-state index in [1.54, 1.807) is 0 Å². The highest BCUT2D eigenvalue weighted by molar-refractivity contribution is 5.96. The van der Waals surface area contributed by atoms with E-state index in [0.29, 0.717) is 19.1 Å². The van der Waals surface area contributed by atoms with E-state index in [-0.39, 0.29) is 23.4 Å². The molecule has 2 unspecified atom stereocenters. The molecule has 1 amide bonds. The Morgan fingerprint density at radius 1 is 1.18 bits per heavy atom. The second-order valence-corrected chi connectivity index (χ2v) is 11.0.